The second kappa shape index (κ2) is 7.07. The Kier molecular flexibility index (Phi) is 5.62. The molecular formula is C14H21ClN2O3S. The first-order valence-electron chi connectivity index (χ1n) is 7.03. The molecule has 2 N–H and O–H groups in total. The fourth-order valence-electron chi connectivity index (χ4n) is 2.43. The molecule has 2 rings (SSSR count). The van der Waals surface area contributed by atoms with E-state index in [1.165, 1.54) is 4.31 Å². The molecule has 1 saturated carbocycles. The maximum Gasteiger partial charge on any atom is 0.279 e. The lowest BCUT2D eigenvalue weighted by molar-refractivity contribution is 0.120. The van der Waals surface area contributed by atoms with Gasteiger partial charge >= 0.3 is 0 Å². The van der Waals surface area contributed by atoms with Crippen LogP contribution in [0.15, 0.2) is 24.3 Å². The van der Waals surface area contributed by atoms with Gasteiger partial charge in [-0.2, -0.15) is 17.4 Å². The minimum absolute atomic E-state index is 0.0916. The highest BCUT2D eigenvalue weighted by molar-refractivity contribution is 7.87. The Hall–Kier alpha value is -0.660. The highest BCUT2D eigenvalue weighted by atomic mass is 35.5. The molecule has 1 aromatic rings. The molecule has 1 aliphatic carbocycles. The highest BCUT2D eigenvalue weighted by Gasteiger charge is 2.26. The largest absolute Gasteiger partial charge is 0.393 e. The maximum absolute atomic E-state index is 12.3. The number of nitrogens with zero attached hydrogens (tertiary/aromatic N) is 1. The van der Waals surface area contributed by atoms with Crippen LogP contribution in [0.4, 0.5) is 0 Å². The van der Waals surface area contributed by atoms with E-state index in [-0.39, 0.29) is 12.1 Å². The fourth-order valence-corrected chi connectivity index (χ4v) is 3.71. The normalized spacial score (nSPS) is 23.4. The average Bonchev–Trinajstić information content (AvgIpc) is 2.43. The lowest BCUT2D eigenvalue weighted by atomic mass is 9.94. The van der Waals surface area contributed by atoms with Crippen LogP contribution in [0, 0.1) is 0 Å². The second-order valence-electron chi connectivity index (χ2n) is 5.51. The highest BCUT2D eigenvalue weighted by Crippen LogP contribution is 2.20. The molecule has 21 heavy (non-hydrogen) atoms. The number of hydrogen-bond acceptors (Lipinski definition) is 3. The molecule has 5 nitrogen and oxygen atoms in total. The van der Waals surface area contributed by atoms with Gasteiger partial charge in [0.1, 0.15) is 0 Å². The van der Waals surface area contributed by atoms with Gasteiger partial charge < -0.3 is 5.11 Å². The molecule has 0 amide bonds. The lowest BCUT2D eigenvalue weighted by Gasteiger charge is -2.28. The van der Waals surface area contributed by atoms with Crippen molar-refractivity contribution in [2.24, 2.45) is 0 Å². The predicted molar refractivity (Wildman–Crippen MR) is 83.2 cm³/mol. The first kappa shape index (κ1) is 16.7. The molecule has 1 aliphatic rings. The molecule has 1 fully saturated rings. The molecule has 0 radical (unpaired) electrons. The van der Waals surface area contributed by atoms with Crippen molar-refractivity contribution in [3.05, 3.63) is 34.9 Å². The zero-order valence-corrected chi connectivity index (χ0v) is 13.6. The van der Waals surface area contributed by atoms with Crippen LogP contribution in [-0.2, 0) is 16.8 Å². The van der Waals surface area contributed by atoms with E-state index in [0.29, 0.717) is 37.3 Å². The number of aliphatic hydroxyl groups is 1. The fraction of sp³-hybridized carbons (Fsp3) is 0.571. The van der Waals surface area contributed by atoms with Crippen molar-refractivity contribution in [1.29, 1.82) is 0 Å². The number of rotatable bonds is 5. The van der Waals surface area contributed by atoms with Gasteiger partial charge in [0.2, 0.25) is 0 Å². The first-order chi connectivity index (χ1) is 9.87. The molecule has 0 aromatic heterocycles. The molecule has 7 heteroatoms. The van der Waals surface area contributed by atoms with E-state index in [1.807, 2.05) is 12.1 Å². The maximum atomic E-state index is 12.3. The molecule has 0 heterocycles. The van der Waals surface area contributed by atoms with Gasteiger partial charge in [-0.25, -0.2) is 0 Å². The predicted octanol–water partition coefficient (Wildman–Crippen LogP) is 1.91. The van der Waals surface area contributed by atoms with E-state index in [4.69, 9.17) is 11.6 Å². The van der Waals surface area contributed by atoms with Crippen LogP contribution >= 0.6 is 11.6 Å². The summed E-state index contributed by atoms with van der Waals surface area (Å²) in [5, 5.41) is 10.1. The van der Waals surface area contributed by atoms with E-state index >= 15 is 0 Å². The molecule has 0 saturated heterocycles. The number of halogens is 1. The zero-order chi connectivity index (χ0) is 15.5. The van der Waals surface area contributed by atoms with Crippen LogP contribution in [0.3, 0.4) is 0 Å². The van der Waals surface area contributed by atoms with Crippen LogP contribution < -0.4 is 4.72 Å². The monoisotopic (exact) mass is 332 g/mol. The van der Waals surface area contributed by atoms with Gasteiger partial charge in [0.05, 0.1) is 6.10 Å². The summed E-state index contributed by atoms with van der Waals surface area (Å²) in [6, 6.07) is 7.02. The van der Waals surface area contributed by atoms with Crippen LogP contribution in [0.25, 0.3) is 0 Å². The molecule has 118 valence electrons. The summed E-state index contributed by atoms with van der Waals surface area (Å²) in [5.41, 5.74) is 0.881. The third-order valence-corrected chi connectivity index (χ3v) is 5.57. The number of benzene rings is 1. The summed E-state index contributed by atoms with van der Waals surface area (Å²) in [6.45, 7) is 0.293. The SMILES string of the molecule is CN(Cc1ccc(Cl)cc1)S(=O)(=O)NC1CCC(O)CC1. The van der Waals surface area contributed by atoms with Gasteiger partial charge in [0.25, 0.3) is 10.2 Å². The van der Waals surface area contributed by atoms with Crippen LogP contribution in [0.2, 0.25) is 5.02 Å². The van der Waals surface area contributed by atoms with Crippen molar-refractivity contribution in [1.82, 2.24) is 9.03 Å². The van der Waals surface area contributed by atoms with Crippen LogP contribution in [0.1, 0.15) is 31.2 Å². The van der Waals surface area contributed by atoms with Crippen molar-refractivity contribution in [3.63, 3.8) is 0 Å². The molecule has 0 bridgehead atoms. The van der Waals surface area contributed by atoms with Gasteiger partial charge in [-0.3, -0.25) is 0 Å². The van der Waals surface area contributed by atoms with E-state index in [9.17, 15) is 13.5 Å². The quantitative estimate of drug-likeness (QED) is 0.865. The Morgan fingerprint density at radius 1 is 1.24 bits per heavy atom. The van der Waals surface area contributed by atoms with Gasteiger partial charge in [-0.05, 0) is 43.4 Å². The van der Waals surface area contributed by atoms with E-state index in [1.54, 1.807) is 19.2 Å². The lowest BCUT2D eigenvalue weighted by Crippen LogP contribution is -2.45. The standard InChI is InChI=1S/C14H21ClN2O3S/c1-17(10-11-2-4-12(15)5-3-11)21(19,20)16-13-6-8-14(18)9-7-13/h2-5,13-14,16,18H,6-10H2,1H3. The van der Waals surface area contributed by atoms with Gasteiger partial charge in [0, 0.05) is 24.7 Å². The third-order valence-electron chi connectivity index (χ3n) is 3.74. The summed E-state index contributed by atoms with van der Waals surface area (Å²) in [5.74, 6) is 0. The van der Waals surface area contributed by atoms with Crippen molar-refractivity contribution in [3.8, 4) is 0 Å². The van der Waals surface area contributed by atoms with Gasteiger partial charge in [-0.1, -0.05) is 23.7 Å². The Balaban J connectivity index is 1.93. The minimum atomic E-state index is -3.52. The summed E-state index contributed by atoms with van der Waals surface area (Å²) in [6.07, 6.45) is 2.35. The second-order valence-corrected chi connectivity index (χ2v) is 7.76. The Labute approximate surface area is 131 Å². The Morgan fingerprint density at radius 2 is 1.81 bits per heavy atom. The van der Waals surface area contributed by atoms with Crippen molar-refractivity contribution in [2.75, 3.05) is 7.05 Å². The minimum Gasteiger partial charge on any atom is -0.393 e. The van der Waals surface area contributed by atoms with Crippen molar-refractivity contribution < 1.29 is 13.5 Å². The van der Waals surface area contributed by atoms with E-state index < -0.39 is 10.2 Å². The zero-order valence-electron chi connectivity index (χ0n) is 12.0. The summed E-state index contributed by atoms with van der Waals surface area (Å²) in [7, 11) is -1.97. The molecule has 0 aliphatic heterocycles. The molecule has 1 aromatic carbocycles. The molecule has 0 unspecified atom stereocenters. The average molecular weight is 333 g/mol. The van der Waals surface area contributed by atoms with Gasteiger partial charge in [-0.15, -0.1) is 0 Å². The van der Waals surface area contributed by atoms with Crippen LogP contribution in [-0.4, -0.2) is 37.0 Å². The van der Waals surface area contributed by atoms with Crippen LogP contribution in [0.5, 0.6) is 0 Å². The number of hydrogen-bond donors (Lipinski definition) is 2. The van der Waals surface area contributed by atoms with E-state index in [2.05, 4.69) is 4.72 Å². The van der Waals surface area contributed by atoms with Gasteiger partial charge in [0.15, 0.2) is 0 Å². The number of aliphatic hydroxyl groups excluding tert-OH is 1. The molecule has 0 spiro atoms. The molecule has 0 atom stereocenters. The van der Waals surface area contributed by atoms with Crippen molar-refractivity contribution in [2.45, 2.75) is 44.4 Å². The summed E-state index contributed by atoms with van der Waals surface area (Å²) < 4.78 is 28.6. The Bertz CT molecular complexity index is 554. The Morgan fingerprint density at radius 3 is 2.38 bits per heavy atom. The number of nitrogens with one attached hydrogen (secondary N) is 1. The smallest absolute Gasteiger partial charge is 0.279 e. The first-order valence-corrected chi connectivity index (χ1v) is 8.85. The summed E-state index contributed by atoms with van der Waals surface area (Å²) >= 11 is 5.81. The van der Waals surface area contributed by atoms with E-state index in [0.717, 1.165) is 5.56 Å². The third kappa shape index (κ3) is 4.93. The summed E-state index contributed by atoms with van der Waals surface area (Å²) in [4.78, 5) is 0. The topological polar surface area (TPSA) is 69.6 Å². The van der Waals surface area contributed by atoms with Crippen molar-refractivity contribution >= 4 is 21.8 Å². The molecular weight excluding hydrogens is 312 g/mol.